The maximum absolute atomic E-state index is 13.8. The third kappa shape index (κ3) is 7.39. The highest BCUT2D eigenvalue weighted by molar-refractivity contribution is 6.08. The molecule has 12 nitrogen and oxygen atoms in total. The Morgan fingerprint density at radius 2 is 1.16 bits per heavy atom. The molecule has 12 heteroatoms. The van der Waals surface area contributed by atoms with Crippen molar-refractivity contribution in [2.24, 2.45) is 0 Å². The van der Waals surface area contributed by atoms with Gasteiger partial charge in [-0.15, -0.1) is 0 Å². The number of benzene rings is 1. The molecule has 0 saturated carbocycles. The van der Waals surface area contributed by atoms with E-state index in [1.54, 1.807) is 19.2 Å². The van der Waals surface area contributed by atoms with Gasteiger partial charge in [-0.2, -0.15) is 0 Å². The Morgan fingerprint density at radius 1 is 0.621 bits per heavy atom. The number of nitrogens with zero attached hydrogens (tertiary/aromatic N) is 2. The van der Waals surface area contributed by atoms with Crippen molar-refractivity contribution >= 4 is 62.3 Å². The van der Waals surface area contributed by atoms with Crippen LogP contribution in [-0.4, -0.2) is 66.3 Å². The number of H-pyrrole nitrogens is 2. The minimum absolute atomic E-state index is 0.0298. The molecule has 4 aromatic rings. The maximum atomic E-state index is 13.8. The van der Waals surface area contributed by atoms with Crippen LogP contribution in [0.2, 0.25) is 0 Å². The predicted octanol–water partition coefficient (Wildman–Crippen LogP) is 9.64. The average molecular weight is 789 g/mol. The number of hydrogen-bond acceptors (Lipinski definition) is 10. The number of esters is 3. The molecule has 58 heavy (non-hydrogen) atoms. The van der Waals surface area contributed by atoms with Crippen LogP contribution in [-0.2, 0) is 36.8 Å². The third-order valence-corrected chi connectivity index (χ3v) is 11.2. The predicted molar refractivity (Wildman–Crippen MR) is 226 cm³/mol. The van der Waals surface area contributed by atoms with Gasteiger partial charge >= 0.3 is 17.9 Å². The molecule has 6 rings (SSSR count). The molecule has 0 unspecified atom stereocenters. The fraction of sp³-hybridized carbons (Fsp3) is 0.370. The van der Waals surface area contributed by atoms with Crippen LogP contribution in [0, 0.1) is 13.8 Å². The molecule has 304 valence electrons. The molecule has 5 heterocycles. The lowest BCUT2D eigenvalue weighted by Gasteiger charge is -2.19. The van der Waals surface area contributed by atoms with E-state index in [4.69, 9.17) is 33.7 Å². The minimum Gasteiger partial charge on any atom is -0.497 e. The number of carbonyl (C=O) groups is 3. The second-order valence-electron chi connectivity index (χ2n) is 14.2. The van der Waals surface area contributed by atoms with Gasteiger partial charge in [0.2, 0.25) is 0 Å². The summed E-state index contributed by atoms with van der Waals surface area (Å²) in [5.41, 5.74) is 14.6. The lowest BCUT2D eigenvalue weighted by molar-refractivity contribution is -0.142. The molecule has 0 spiro atoms. The van der Waals surface area contributed by atoms with E-state index in [-0.39, 0.29) is 24.6 Å². The van der Waals surface area contributed by atoms with Gasteiger partial charge in [-0.25, -0.2) is 14.8 Å². The molecule has 0 saturated heterocycles. The summed E-state index contributed by atoms with van der Waals surface area (Å²) in [6.45, 7) is 13.8. The highest BCUT2D eigenvalue weighted by Gasteiger charge is 2.32. The van der Waals surface area contributed by atoms with Gasteiger partial charge in [0.05, 0.1) is 63.2 Å². The van der Waals surface area contributed by atoms with Crippen LogP contribution in [0.25, 0.3) is 55.5 Å². The zero-order valence-corrected chi connectivity index (χ0v) is 35.3. The van der Waals surface area contributed by atoms with Gasteiger partial charge in [0.25, 0.3) is 0 Å². The first-order valence-corrected chi connectivity index (χ1v) is 19.6. The first kappa shape index (κ1) is 41.5. The number of rotatable bonds is 12. The Morgan fingerprint density at radius 3 is 1.62 bits per heavy atom. The molecule has 0 amide bonds. The molecule has 2 aliphatic rings. The fourth-order valence-corrected chi connectivity index (χ4v) is 8.17. The van der Waals surface area contributed by atoms with Crippen LogP contribution in [0.1, 0.15) is 116 Å². The van der Waals surface area contributed by atoms with Crippen LogP contribution in [0.15, 0.2) is 30.3 Å². The van der Waals surface area contributed by atoms with Gasteiger partial charge in [-0.05, 0) is 103 Å². The van der Waals surface area contributed by atoms with Crippen molar-refractivity contribution in [1.29, 1.82) is 0 Å². The van der Waals surface area contributed by atoms with E-state index in [1.165, 1.54) is 28.3 Å². The van der Waals surface area contributed by atoms with Crippen LogP contribution in [0.5, 0.6) is 11.5 Å². The summed E-state index contributed by atoms with van der Waals surface area (Å²) >= 11 is 0. The van der Waals surface area contributed by atoms with Crippen LogP contribution in [0.4, 0.5) is 0 Å². The molecule has 0 atom stereocenters. The zero-order valence-electron chi connectivity index (χ0n) is 35.3. The van der Waals surface area contributed by atoms with Crippen molar-refractivity contribution in [1.82, 2.24) is 19.9 Å². The normalized spacial score (nSPS) is 12.5. The molecular formula is C46H52N4O8. The van der Waals surface area contributed by atoms with E-state index in [2.05, 4.69) is 37.7 Å². The summed E-state index contributed by atoms with van der Waals surface area (Å²) in [5, 5.41) is 0. The third-order valence-electron chi connectivity index (χ3n) is 11.2. The molecule has 3 aromatic heterocycles. The van der Waals surface area contributed by atoms with Crippen molar-refractivity contribution in [2.75, 3.05) is 28.4 Å². The molecule has 2 N–H and O–H groups in total. The number of aromatic amines is 2. The first-order chi connectivity index (χ1) is 27.9. The molecule has 0 aliphatic carbocycles. The van der Waals surface area contributed by atoms with Gasteiger partial charge in [0, 0.05) is 51.7 Å². The van der Waals surface area contributed by atoms with Gasteiger partial charge in [-0.3, -0.25) is 9.59 Å². The number of methoxy groups -OCH3 is 4. The Hall–Kier alpha value is -6.17. The Labute approximate surface area is 338 Å². The number of allylic oxidation sites excluding steroid dienone is 4. The Balaban J connectivity index is 1.95. The quantitative estimate of drug-likeness (QED) is 0.105. The van der Waals surface area contributed by atoms with Crippen molar-refractivity contribution in [3.8, 4) is 22.6 Å². The number of fused-ring (bicyclic) bond motifs is 8. The van der Waals surface area contributed by atoms with Gasteiger partial charge in [0.1, 0.15) is 18.1 Å². The van der Waals surface area contributed by atoms with Gasteiger partial charge in [0.15, 0.2) is 0 Å². The highest BCUT2D eigenvalue weighted by Crippen LogP contribution is 2.49. The second-order valence-corrected chi connectivity index (χ2v) is 14.2. The summed E-state index contributed by atoms with van der Waals surface area (Å²) in [5.74, 6) is -0.517. The molecule has 0 fully saturated rings. The van der Waals surface area contributed by atoms with E-state index in [9.17, 15) is 14.4 Å². The second kappa shape index (κ2) is 17.1. The number of ether oxygens (including phenoxy) is 5. The molecule has 0 radical (unpaired) electrons. The molecule has 8 bridgehead atoms. The number of carbonyl (C=O) groups excluding carboxylic acids is 3. The van der Waals surface area contributed by atoms with Crippen molar-refractivity contribution < 1.29 is 38.1 Å². The van der Waals surface area contributed by atoms with E-state index >= 15 is 0 Å². The van der Waals surface area contributed by atoms with Crippen molar-refractivity contribution in [2.45, 2.75) is 87.2 Å². The molecule has 1 aromatic carbocycles. The van der Waals surface area contributed by atoms with E-state index < -0.39 is 11.9 Å². The fourth-order valence-electron chi connectivity index (χ4n) is 8.17. The Kier molecular flexibility index (Phi) is 12.2. The number of aromatic nitrogens is 4. The van der Waals surface area contributed by atoms with E-state index in [0.717, 1.165) is 67.0 Å². The smallest absolute Gasteiger partial charge is 0.338 e. The van der Waals surface area contributed by atoms with E-state index in [0.29, 0.717) is 70.7 Å². The lowest BCUT2D eigenvalue weighted by Crippen LogP contribution is -2.08. The summed E-state index contributed by atoms with van der Waals surface area (Å²) in [6, 6.07) is 9.43. The van der Waals surface area contributed by atoms with Crippen molar-refractivity contribution in [3.63, 3.8) is 0 Å². The average Bonchev–Trinajstić information content (AvgIpc) is 3.93. The number of hydrogen-bond donors (Lipinski definition) is 2. The van der Waals surface area contributed by atoms with E-state index in [1.807, 2.05) is 32.0 Å². The van der Waals surface area contributed by atoms with Crippen LogP contribution >= 0.6 is 0 Å². The monoisotopic (exact) mass is 788 g/mol. The molecular weight excluding hydrogens is 737 g/mol. The molecule has 2 aliphatic heterocycles. The summed E-state index contributed by atoms with van der Waals surface area (Å²) in [6.07, 6.45) is 2.66. The van der Waals surface area contributed by atoms with Crippen LogP contribution < -0.4 is 9.47 Å². The summed E-state index contributed by atoms with van der Waals surface area (Å²) in [4.78, 5) is 56.9. The zero-order chi connectivity index (χ0) is 42.0. The SMILES string of the molecule is CCC1=C(CC)c2nc1cc1[nH]c(cc3[nH]c(cc4nc(c2-c2c(OC)cc(OC)cc2C(=O)OC)C(CC)=C4CC)c(C)c3CC(=O)OC)c(COC(C)=O)c1C. The highest BCUT2D eigenvalue weighted by atomic mass is 16.5. The minimum atomic E-state index is -0.565. The largest absolute Gasteiger partial charge is 0.497 e. The Bertz CT molecular complexity index is 2570. The first-order valence-electron chi connectivity index (χ1n) is 19.6. The standard InChI is InChI=1S/C46H52N4O8/c1-12-27-29(14-3)44-43(42-32(46(53)57-11)16-26(54-8)17-40(42)55-9)45-30(15-4)28(13-2)37(50-45)20-35-24(6)33(22-58-25(7)51)39(48-35)21-38-31(18-41(52)56-10)23(5)34(47-38)19-36(27)49-44/h16-17,19-21,47-48H,12-15,18,22H2,1-11H3. The number of aryl methyl sites for hydroxylation is 2. The van der Waals surface area contributed by atoms with Gasteiger partial charge in [-0.1, -0.05) is 27.7 Å². The van der Waals surface area contributed by atoms with Gasteiger partial charge < -0.3 is 33.7 Å². The lowest BCUT2D eigenvalue weighted by atomic mass is 9.88. The summed E-state index contributed by atoms with van der Waals surface area (Å²) < 4.78 is 27.8. The van der Waals surface area contributed by atoms with Crippen LogP contribution in [0.3, 0.4) is 0 Å². The maximum Gasteiger partial charge on any atom is 0.338 e. The summed E-state index contributed by atoms with van der Waals surface area (Å²) in [7, 11) is 5.83. The number of nitrogens with one attached hydrogen (secondary N) is 2. The van der Waals surface area contributed by atoms with Crippen molar-refractivity contribution in [3.05, 3.63) is 80.9 Å². The topological polar surface area (TPSA) is 155 Å².